The Balaban J connectivity index is 2.51. The maximum Gasteiger partial charge on any atom is 0.542 e. The van der Waals surface area contributed by atoms with Crippen LogP contribution in [0.1, 0.15) is 11.4 Å². The first-order valence-electron chi connectivity index (χ1n) is 4.50. The Hall–Kier alpha value is -1.28. The first-order valence-corrected chi connectivity index (χ1v) is 5.78. The quantitative estimate of drug-likeness (QED) is 0.766. The van der Waals surface area contributed by atoms with Gasteiger partial charge in [0.15, 0.2) is 0 Å². The van der Waals surface area contributed by atoms with Crippen LogP contribution in [-0.4, -0.2) is 10.00 Å². The molecule has 0 radical (unpaired) electrons. The highest BCUT2D eigenvalue weighted by Crippen LogP contribution is 2.35. The minimum atomic E-state index is -2.59. The van der Waals surface area contributed by atoms with Crippen molar-refractivity contribution in [3.8, 4) is 0 Å². The second-order valence-corrected chi connectivity index (χ2v) is 4.38. The first-order chi connectivity index (χ1) is 7.18. The van der Waals surface area contributed by atoms with Crippen LogP contribution in [0.2, 0.25) is 0 Å². The van der Waals surface area contributed by atoms with Gasteiger partial charge < -0.3 is 5.11 Å². The fourth-order valence-electron chi connectivity index (χ4n) is 1.50. The van der Waals surface area contributed by atoms with Crippen molar-refractivity contribution in [3.63, 3.8) is 0 Å². The molecule has 3 nitrogen and oxygen atoms in total. The molecule has 0 spiro atoms. The largest absolute Gasteiger partial charge is 0.542 e. The van der Waals surface area contributed by atoms with Gasteiger partial charge in [0.05, 0.1) is 0 Å². The van der Waals surface area contributed by atoms with E-state index in [4.69, 9.17) is 4.89 Å². The molecule has 0 aromatic heterocycles. The molecular weight excluding hydrogens is 211 g/mol. The number of hydrogen-bond donors (Lipinski definition) is 2. The van der Waals surface area contributed by atoms with Crippen LogP contribution in [0.4, 0.5) is 0 Å². The molecule has 0 aliphatic heterocycles. The summed E-state index contributed by atoms with van der Waals surface area (Å²) >= 11 is 0. The van der Waals surface area contributed by atoms with E-state index in [1.54, 1.807) is 12.1 Å². The van der Waals surface area contributed by atoms with Crippen molar-refractivity contribution in [2.24, 2.45) is 0 Å². The van der Waals surface area contributed by atoms with E-state index < -0.39 is 13.9 Å². The van der Waals surface area contributed by atoms with Gasteiger partial charge in [0, 0.05) is 5.56 Å². The van der Waals surface area contributed by atoms with E-state index in [-0.39, 0.29) is 0 Å². The summed E-state index contributed by atoms with van der Waals surface area (Å²) in [6.45, 7) is 0. The topological polar surface area (TPSA) is 57.5 Å². The second-order valence-electron chi connectivity index (χ2n) is 3.28. The molecule has 0 saturated heterocycles. The molecule has 0 aliphatic rings. The van der Waals surface area contributed by atoms with Crippen LogP contribution in [-0.2, 0) is 4.57 Å². The lowest BCUT2D eigenvalue weighted by atomic mass is 10.1. The third-order valence-corrected chi connectivity index (χ3v) is 3.00. The van der Waals surface area contributed by atoms with E-state index in [0.717, 1.165) is 10.8 Å². The van der Waals surface area contributed by atoms with E-state index in [2.05, 4.69) is 0 Å². The molecule has 76 valence electrons. The van der Waals surface area contributed by atoms with Crippen molar-refractivity contribution in [2.75, 3.05) is 0 Å². The highest BCUT2D eigenvalue weighted by atomic mass is 31.1. The highest BCUT2D eigenvalue weighted by Gasteiger charge is 2.27. The van der Waals surface area contributed by atoms with E-state index >= 15 is 0 Å². The molecule has 0 heterocycles. The van der Waals surface area contributed by atoms with E-state index in [1.165, 1.54) is 0 Å². The summed E-state index contributed by atoms with van der Waals surface area (Å²) in [5.41, 5.74) is 0.470. The molecule has 0 bridgehead atoms. The summed E-state index contributed by atoms with van der Waals surface area (Å²) in [4.78, 5) is 8.81. The maximum absolute atomic E-state index is 10.7. The van der Waals surface area contributed by atoms with Gasteiger partial charge in [-0.25, -0.2) is 0 Å². The van der Waals surface area contributed by atoms with Crippen molar-refractivity contribution >= 4 is 18.8 Å². The Bertz CT molecular complexity index is 510. The predicted octanol–water partition coefficient (Wildman–Crippen LogP) is 2.57. The van der Waals surface area contributed by atoms with Crippen molar-refractivity contribution in [1.29, 1.82) is 0 Å². The Morgan fingerprint density at radius 1 is 1.07 bits per heavy atom. The summed E-state index contributed by atoms with van der Waals surface area (Å²) < 4.78 is 10.7. The molecular formula is C11H10O3P+. The van der Waals surface area contributed by atoms with Crippen LogP contribution < -0.4 is 0 Å². The zero-order valence-electron chi connectivity index (χ0n) is 7.87. The van der Waals surface area contributed by atoms with Gasteiger partial charge >= 0.3 is 13.9 Å². The zero-order valence-corrected chi connectivity index (χ0v) is 8.76. The van der Waals surface area contributed by atoms with Gasteiger partial charge in [-0.05, 0) is 21.4 Å². The van der Waals surface area contributed by atoms with E-state index in [9.17, 15) is 9.67 Å². The normalized spacial score (nSPS) is 13.9. The van der Waals surface area contributed by atoms with Gasteiger partial charge in [0.1, 0.15) is 0 Å². The Morgan fingerprint density at radius 3 is 2.40 bits per heavy atom. The smallest absolute Gasteiger partial charge is 0.345 e. The Kier molecular flexibility index (Phi) is 2.78. The molecule has 4 heteroatoms. The molecule has 15 heavy (non-hydrogen) atoms. The van der Waals surface area contributed by atoms with Gasteiger partial charge in [-0.15, -0.1) is 0 Å². The number of fused-ring (bicyclic) bond motifs is 1. The predicted molar refractivity (Wildman–Crippen MR) is 58.7 cm³/mol. The monoisotopic (exact) mass is 221 g/mol. The lowest BCUT2D eigenvalue weighted by Crippen LogP contribution is -1.91. The molecule has 2 aromatic carbocycles. The lowest BCUT2D eigenvalue weighted by molar-refractivity contribution is 0.243. The molecule has 0 amide bonds. The van der Waals surface area contributed by atoms with Gasteiger partial charge in [-0.3, -0.25) is 0 Å². The van der Waals surface area contributed by atoms with E-state index in [1.807, 2.05) is 30.3 Å². The van der Waals surface area contributed by atoms with Gasteiger partial charge in [-0.1, -0.05) is 36.4 Å². The Labute approximate surface area is 87.9 Å². The fourth-order valence-corrected chi connectivity index (χ4v) is 1.91. The average molecular weight is 221 g/mol. The van der Waals surface area contributed by atoms with Crippen LogP contribution in [0.25, 0.3) is 10.8 Å². The third kappa shape index (κ3) is 2.05. The average Bonchev–Trinajstić information content (AvgIpc) is 2.27. The van der Waals surface area contributed by atoms with Gasteiger partial charge in [-0.2, -0.15) is 4.89 Å². The van der Waals surface area contributed by atoms with Gasteiger partial charge in [0.2, 0.25) is 0 Å². The van der Waals surface area contributed by atoms with Crippen LogP contribution in [0, 0.1) is 0 Å². The molecule has 2 atom stereocenters. The zero-order chi connectivity index (χ0) is 10.8. The van der Waals surface area contributed by atoms with Crippen LogP contribution in [0.15, 0.2) is 42.5 Å². The van der Waals surface area contributed by atoms with E-state index in [0.29, 0.717) is 5.56 Å². The van der Waals surface area contributed by atoms with Gasteiger partial charge in [0.25, 0.3) is 0 Å². The number of rotatable bonds is 2. The minimum absolute atomic E-state index is 0.470. The van der Waals surface area contributed by atoms with Crippen LogP contribution in [0.3, 0.4) is 0 Å². The third-order valence-electron chi connectivity index (χ3n) is 2.28. The SMILES string of the molecule is O=[P+](O)C(O)c1ccc2ccccc2c1. The number of benzene rings is 2. The molecule has 2 N–H and O–H groups in total. The molecule has 2 rings (SSSR count). The summed E-state index contributed by atoms with van der Waals surface area (Å²) in [5, 5.41) is 11.4. The van der Waals surface area contributed by atoms with Crippen molar-refractivity contribution in [3.05, 3.63) is 48.0 Å². The first kappa shape index (κ1) is 10.2. The number of aliphatic hydroxyl groups excluding tert-OH is 1. The van der Waals surface area contributed by atoms with Crippen LogP contribution in [0.5, 0.6) is 0 Å². The summed E-state index contributed by atoms with van der Waals surface area (Å²) in [6.07, 6.45) is 0. The molecule has 2 aromatic rings. The molecule has 0 fully saturated rings. The van der Waals surface area contributed by atoms with Crippen molar-refractivity contribution in [2.45, 2.75) is 5.85 Å². The number of aliphatic hydroxyl groups is 1. The minimum Gasteiger partial charge on any atom is -0.345 e. The summed E-state index contributed by atoms with van der Waals surface area (Å²) in [6, 6.07) is 12.9. The standard InChI is InChI=1S/C11H9O3P/c12-11(15(13)14)10-6-5-8-3-1-2-4-9(8)7-10/h1-7,11-12H/p+1. The summed E-state index contributed by atoms with van der Waals surface area (Å²) in [5.74, 6) is -1.30. The molecule has 0 saturated carbocycles. The highest BCUT2D eigenvalue weighted by molar-refractivity contribution is 7.38. The second kappa shape index (κ2) is 4.07. The summed E-state index contributed by atoms with van der Waals surface area (Å²) in [7, 11) is -2.59. The van der Waals surface area contributed by atoms with Crippen molar-refractivity contribution in [1.82, 2.24) is 0 Å². The molecule has 0 aliphatic carbocycles. The number of hydrogen-bond acceptors (Lipinski definition) is 2. The molecule has 2 unspecified atom stereocenters. The fraction of sp³-hybridized carbons (Fsp3) is 0.0909. The van der Waals surface area contributed by atoms with Crippen molar-refractivity contribution < 1.29 is 14.6 Å². The van der Waals surface area contributed by atoms with Crippen LogP contribution >= 0.6 is 8.03 Å². The maximum atomic E-state index is 10.7. The Morgan fingerprint density at radius 2 is 1.73 bits per heavy atom. The lowest BCUT2D eigenvalue weighted by Gasteiger charge is -2.01.